The van der Waals surface area contributed by atoms with Gasteiger partial charge in [0.1, 0.15) is 5.82 Å². The second kappa shape index (κ2) is 4.76. The van der Waals surface area contributed by atoms with Gasteiger partial charge >= 0.3 is 0 Å². The van der Waals surface area contributed by atoms with Crippen LogP contribution in [0, 0.1) is 0 Å². The summed E-state index contributed by atoms with van der Waals surface area (Å²) in [5.74, 6) is 0.332. The van der Waals surface area contributed by atoms with Crippen molar-refractivity contribution >= 4 is 0 Å². The summed E-state index contributed by atoms with van der Waals surface area (Å²) in [6.07, 6.45) is 1.81. The van der Waals surface area contributed by atoms with Crippen LogP contribution < -0.4 is 11.3 Å². The van der Waals surface area contributed by atoms with E-state index in [4.69, 9.17) is 5.73 Å². The predicted molar refractivity (Wildman–Crippen MR) is 53.3 cm³/mol. The molecule has 0 saturated carbocycles. The van der Waals surface area contributed by atoms with Crippen molar-refractivity contribution in [3.63, 3.8) is 0 Å². The Morgan fingerprint density at radius 2 is 2.29 bits per heavy atom. The Kier molecular flexibility index (Phi) is 3.64. The molecular weight excluding hydrogens is 182 g/mol. The van der Waals surface area contributed by atoms with Crippen LogP contribution in [-0.4, -0.2) is 21.6 Å². The molecule has 0 bridgehead atoms. The molecule has 0 aromatic carbocycles. The third-order valence-electron chi connectivity index (χ3n) is 2.01. The molecule has 1 aromatic heterocycles. The monoisotopic (exact) mass is 197 g/mol. The molecule has 0 spiro atoms. The SMILES string of the molecule is CCc1c(O)nc(CCCN)[nH]c1=O. The first-order valence-corrected chi connectivity index (χ1v) is 4.70. The lowest BCUT2D eigenvalue weighted by Gasteiger charge is -2.03. The zero-order valence-corrected chi connectivity index (χ0v) is 8.21. The second-order valence-electron chi connectivity index (χ2n) is 3.06. The first kappa shape index (κ1) is 10.7. The highest BCUT2D eigenvalue weighted by molar-refractivity contribution is 5.22. The summed E-state index contributed by atoms with van der Waals surface area (Å²) in [6.45, 7) is 2.34. The Morgan fingerprint density at radius 1 is 1.57 bits per heavy atom. The normalized spacial score (nSPS) is 10.4. The molecular formula is C9H15N3O2. The lowest BCUT2D eigenvalue weighted by Crippen LogP contribution is -2.17. The quantitative estimate of drug-likeness (QED) is 0.630. The van der Waals surface area contributed by atoms with Gasteiger partial charge in [-0.25, -0.2) is 4.98 Å². The summed E-state index contributed by atoms with van der Waals surface area (Å²) in [5.41, 5.74) is 5.40. The maximum Gasteiger partial charge on any atom is 0.257 e. The van der Waals surface area contributed by atoms with Crippen LogP contribution >= 0.6 is 0 Å². The Hall–Kier alpha value is -1.36. The smallest absolute Gasteiger partial charge is 0.257 e. The van der Waals surface area contributed by atoms with Crippen LogP contribution in [0.5, 0.6) is 5.88 Å². The van der Waals surface area contributed by atoms with Gasteiger partial charge in [-0.15, -0.1) is 0 Å². The minimum Gasteiger partial charge on any atom is -0.493 e. The molecule has 0 saturated heterocycles. The number of nitrogens with two attached hydrogens (primary N) is 1. The molecule has 0 radical (unpaired) electrons. The molecule has 78 valence electrons. The number of aromatic amines is 1. The molecule has 0 fully saturated rings. The average molecular weight is 197 g/mol. The molecule has 1 heterocycles. The van der Waals surface area contributed by atoms with Crippen LogP contribution in [0.4, 0.5) is 0 Å². The van der Waals surface area contributed by atoms with Crippen LogP contribution in [0.25, 0.3) is 0 Å². The van der Waals surface area contributed by atoms with E-state index in [0.717, 1.165) is 6.42 Å². The van der Waals surface area contributed by atoms with E-state index in [1.165, 1.54) is 0 Å². The molecule has 0 amide bonds. The van der Waals surface area contributed by atoms with Gasteiger partial charge in [0.25, 0.3) is 5.56 Å². The fourth-order valence-corrected chi connectivity index (χ4v) is 1.24. The topological polar surface area (TPSA) is 92.0 Å². The van der Waals surface area contributed by atoms with Crippen molar-refractivity contribution in [3.05, 3.63) is 21.7 Å². The predicted octanol–water partition coefficient (Wildman–Crippen LogP) is -0.0708. The highest BCUT2D eigenvalue weighted by Crippen LogP contribution is 2.09. The third-order valence-corrected chi connectivity index (χ3v) is 2.01. The van der Waals surface area contributed by atoms with E-state index < -0.39 is 0 Å². The highest BCUT2D eigenvalue weighted by Gasteiger charge is 2.07. The lowest BCUT2D eigenvalue weighted by atomic mass is 10.2. The van der Waals surface area contributed by atoms with Gasteiger partial charge in [0.05, 0.1) is 5.56 Å². The molecule has 0 aliphatic rings. The first-order valence-electron chi connectivity index (χ1n) is 4.70. The van der Waals surface area contributed by atoms with Crippen molar-refractivity contribution in [3.8, 4) is 5.88 Å². The van der Waals surface area contributed by atoms with Gasteiger partial charge in [-0.2, -0.15) is 0 Å². The molecule has 1 rings (SSSR count). The van der Waals surface area contributed by atoms with Gasteiger partial charge in [-0.1, -0.05) is 6.92 Å². The van der Waals surface area contributed by atoms with Crippen molar-refractivity contribution in [1.82, 2.24) is 9.97 Å². The number of hydrogen-bond donors (Lipinski definition) is 3. The lowest BCUT2D eigenvalue weighted by molar-refractivity contribution is 0.439. The number of hydrogen-bond acceptors (Lipinski definition) is 4. The summed E-state index contributed by atoms with van der Waals surface area (Å²) < 4.78 is 0. The summed E-state index contributed by atoms with van der Waals surface area (Å²) >= 11 is 0. The number of aryl methyl sites for hydroxylation is 1. The summed E-state index contributed by atoms with van der Waals surface area (Å²) in [5, 5.41) is 9.41. The van der Waals surface area contributed by atoms with E-state index in [-0.39, 0.29) is 11.4 Å². The van der Waals surface area contributed by atoms with Crippen LogP contribution in [0.1, 0.15) is 24.7 Å². The Bertz CT molecular complexity index is 360. The van der Waals surface area contributed by atoms with E-state index in [9.17, 15) is 9.90 Å². The number of nitrogens with zero attached hydrogens (tertiary/aromatic N) is 1. The van der Waals surface area contributed by atoms with Crippen molar-refractivity contribution < 1.29 is 5.11 Å². The average Bonchev–Trinajstić information content (AvgIpc) is 2.14. The Labute approximate surface area is 82.0 Å². The molecule has 0 unspecified atom stereocenters. The fraction of sp³-hybridized carbons (Fsp3) is 0.556. The highest BCUT2D eigenvalue weighted by atomic mass is 16.3. The van der Waals surface area contributed by atoms with Gasteiger partial charge in [0.15, 0.2) is 0 Å². The largest absolute Gasteiger partial charge is 0.493 e. The molecule has 0 aliphatic carbocycles. The van der Waals surface area contributed by atoms with Crippen LogP contribution in [0.2, 0.25) is 0 Å². The molecule has 5 nitrogen and oxygen atoms in total. The summed E-state index contributed by atoms with van der Waals surface area (Å²) in [6, 6.07) is 0. The van der Waals surface area contributed by atoms with E-state index >= 15 is 0 Å². The molecule has 0 aliphatic heterocycles. The second-order valence-corrected chi connectivity index (χ2v) is 3.06. The third kappa shape index (κ3) is 2.32. The zero-order chi connectivity index (χ0) is 10.6. The van der Waals surface area contributed by atoms with Gasteiger partial charge < -0.3 is 15.8 Å². The van der Waals surface area contributed by atoms with Crippen LogP contribution in [0.15, 0.2) is 4.79 Å². The Morgan fingerprint density at radius 3 is 2.79 bits per heavy atom. The molecule has 5 heteroatoms. The molecule has 4 N–H and O–H groups in total. The van der Waals surface area contributed by atoms with Crippen LogP contribution in [0.3, 0.4) is 0 Å². The number of rotatable bonds is 4. The maximum atomic E-state index is 11.4. The van der Waals surface area contributed by atoms with E-state index in [0.29, 0.717) is 30.8 Å². The summed E-state index contributed by atoms with van der Waals surface area (Å²) in [4.78, 5) is 17.9. The van der Waals surface area contributed by atoms with Crippen LogP contribution in [-0.2, 0) is 12.8 Å². The van der Waals surface area contributed by atoms with Crippen molar-refractivity contribution in [1.29, 1.82) is 0 Å². The van der Waals surface area contributed by atoms with Gasteiger partial charge in [-0.3, -0.25) is 4.79 Å². The Balaban J connectivity index is 2.96. The van der Waals surface area contributed by atoms with E-state index in [1.54, 1.807) is 6.92 Å². The minimum absolute atomic E-state index is 0.164. The first-order chi connectivity index (χ1) is 6.69. The minimum atomic E-state index is -0.257. The number of aromatic hydroxyl groups is 1. The standard InChI is InChI=1S/C9H15N3O2/c1-2-6-8(13)11-7(4-3-5-10)12-9(6)14/h2-5,10H2,1H3,(H2,11,12,13,14). The van der Waals surface area contributed by atoms with Crippen molar-refractivity contribution in [2.45, 2.75) is 26.2 Å². The van der Waals surface area contributed by atoms with Gasteiger partial charge in [0.2, 0.25) is 5.88 Å². The number of H-pyrrole nitrogens is 1. The van der Waals surface area contributed by atoms with Crippen molar-refractivity contribution in [2.75, 3.05) is 6.54 Å². The number of aromatic nitrogens is 2. The maximum absolute atomic E-state index is 11.4. The molecule has 14 heavy (non-hydrogen) atoms. The van der Waals surface area contributed by atoms with Gasteiger partial charge in [0, 0.05) is 6.42 Å². The van der Waals surface area contributed by atoms with Crippen molar-refractivity contribution in [2.24, 2.45) is 5.73 Å². The molecule has 0 atom stereocenters. The molecule has 1 aromatic rings. The fourth-order valence-electron chi connectivity index (χ4n) is 1.24. The zero-order valence-electron chi connectivity index (χ0n) is 8.21. The van der Waals surface area contributed by atoms with Gasteiger partial charge in [-0.05, 0) is 19.4 Å². The number of nitrogens with one attached hydrogen (secondary N) is 1. The summed E-state index contributed by atoms with van der Waals surface area (Å²) in [7, 11) is 0. The van der Waals surface area contributed by atoms with E-state index in [2.05, 4.69) is 9.97 Å². The van der Waals surface area contributed by atoms with E-state index in [1.807, 2.05) is 0 Å².